The number of nitrogens with one attached hydrogen (secondary N) is 1. The molecule has 1 fully saturated rings. The fourth-order valence-corrected chi connectivity index (χ4v) is 2.41. The van der Waals surface area contributed by atoms with E-state index in [9.17, 15) is 9.90 Å². The zero-order valence-corrected chi connectivity index (χ0v) is 11.0. The van der Waals surface area contributed by atoms with Gasteiger partial charge in [-0.25, -0.2) is 0 Å². The van der Waals surface area contributed by atoms with E-state index in [0.717, 1.165) is 32.1 Å². The van der Waals surface area contributed by atoms with Crippen LogP contribution in [0.5, 0.6) is 0 Å². The van der Waals surface area contributed by atoms with Gasteiger partial charge < -0.3 is 16.2 Å². The molecule has 0 radical (unpaired) electrons. The van der Waals surface area contributed by atoms with Crippen LogP contribution in [-0.2, 0) is 4.79 Å². The van der Waals surface area contributed by atoms with Crippen molar-refractivity contribution in [2.24, 2.45) is 17.6 Å². The molecule has 0 aromatic heterocycles. The van der Waals surface area contributed by atoms with Crippen LogP contribution in [0.25, 0.3) is 0 Å². The second-order valence-electron chi connectivity index (χ2n) is 5.25. The Morgan fingerprint density at radius 3 is 2.71 bits per heavy atom. The largest absolute Gasteiger partial charge is 0.396 e. The first-order valence-corrected chi connectivity index (χ1v) is 6.77. The third-order valence-electron chi connectivity index (χ3n) is 4.03. The Kier molecular flexibility index (Phi) is 5.92. The molecule has 1 amide bonds. The van der Waals surface area contributed by atoms with Gasteiger partial charge in [0.15, 0.2) is 0 Å². The van der Waals surface area contributed by atoms with E-state index in [1.165, 1.54) is 0 Å². The van der Waals surface area contributed by atoms with Crippen LogP contribution < -0.4 is 11.1 Å². The highest BCUT2D eigenvalue weighted by Gasteiger charge is 2.28. The van der Waals surface area contributed by atoms with Crippen molar-refractivity contribution in [3.8, 4) is 0 Å². The lowest BCUT2D eigenvalue weighted by Crippen LogP contribution is -2.51. The van der Waals surface area contributed by atoms with E-state index in [1.807, 2.05) is 13.8 Å². The van der Waals surface area contributed by atoms with Crippen molar-refractivity contribution in [1.29, 1.82) is 0 Å². The van der Waals surface area contributed by atoms with Crippen molar-refractivity contribution in [1.82, 2.24) is 5.32 Å². The molecule has 0 heterocycles. The highest BCUT2D eigenvalue weighted by molar-refractivity contribution is 5.82. The van der Waals surface area contributed by atoms with Crippen LogP contribution in [0.3, 0.4) is 0 Å². The molecule has 4 heteroatoms. The number of carbonyl (C=O) groups excluding carboxylic acids is 1. The molecule has 0 bridgehead atoms. The van der Waals surface area contributed by atoms with Crippen LogP contribution in [0.15, 0.2) is 0 Å². The van der Waals surface area contributed by atoms with Crippen molar-refractivity contribution >= 4 is 5.91 Å². The average Bonchev–Trinajstić information content (AvgIpc) is 2.37. The van der Waals surface area contributed by atoms with E-state index in [1.54, 1.807) is 0 Å². The van der Waals surface area contributed by atoms with Gasteiger partial charge in [0, 0.05) is 18.6 Å². The lowest BCUT2D eigenvalue weighted by atomic mass is 9.84. The standard InChI is InChI=1S/C13H26N2O2/c1-3-9(2)12(14)13(17)15-11-7-5-4-6-10(11)8-16/h9-12,16H,3-8,14H2,1-2H3,(H,15,17). The van der Waals surface area contributed by atoms with Crippen LogP contribution in [0.1, 0.15) is 46.0 Å². The molecule has 1 aliphatic rings. The minimum atomic E-state index is -0.429. The summed E-state index contributed by atoms with van der Waals surface area (Å²) in [6.45, 7) is 4.19. The van der Waals surface area contributed by atoms with E-state index < -0.39 is 6.04 Å². The maximum atomic E-state index is 12.0. The Morgan fingerprint density at radius 1 is 1.47 bits per heavy atom. The van der Waals surface area contributed by atoms with Crippen molar-refractivity contribution in [2.45, 2.75) is 58.0 Å². The summed E-state index contributed by atoms with van der Waals surface area (Å²) in [5.74, 6) is 0.340. The van der Waals surface area contributed by atoms with Gasteiger partial charge in [0.2, 0.25) is 5.91 Å². The first-order valence-electron chi connectivity index (χ1n) is 6.77. The minimum Gasteiger partial charge on any atom is -0.396 e. The van der Waals surface area contributed by atoms with Crippen molar-refractivity contribution in [2.75, 3.05) is 6.61 Å². The van der Waals surface area contributed by atoms with Gasteiger partial charge in [0.1, 0.15) is 0 Å². The van der Waals surface area contributed by atoms with Crippen molar-refractivity contribution in [3.63, 3.8) is 0 Å². The molecule has 1 aliphatic carbocycles. The molecule has 1 saturated carbocycles. The zero-order chi connectivity index (χ0) is 12.8. The molecular weight excluding hydrogens is 216 g/mol. The molecule has 1 rings (SSSR count). The van der Waals surface area contributed by atoms with Crippen LogP contribution in [0.4, 0.5) is 0 Å². The molecule has 0 aromatic carbocycles. The second kappa shape index (κ2) is 6.97. The highest BCUT2D eigenvalue weighted by atomic mass is 16.3. The maximum Gasteiger partial charge on any atom is 0.237 e. The van der Waals surface area contributed by atoms with E-state index in [0.29, 0.717) is 0 Å². The summed E-state index contributed by atoms with van der Waals surface area (Å²) in [5, 5.41) is 12.3. The van der Waals surface area contributed by atoms with E-state index >= 15 is 0 Å². The predicted molar refractivity (Wildman–Crippen MR) is 68.4 cm³/mol. The molecule has 0 aliphatic heterocycles. The fraction of sp³-hybridized carbons (Fsp3) is 0.923. The van der Waals surface area contributed by atoms with E-state index in [-0.39, 0.29) is 30.4 Å². The summed E-state index contributed by atoms with van der Waals surface area (Å²) < 4.78 is 0. The molecule has 4 nitrogen and oxygen atoms in total. The zero-order valence-electron chi connectivity index (χ0n) is 11.0. The number of amides is 1. The van der Waals surface area contributed by atoms with Crippen molar-refractivity contribution in [3.05, 3.63) is 0 Å². The molecule has 4 N–H and O–H groups in total. The molecule has 4 atom stereocenters. The lowest BCUT2D eigenvalue weighted by molar-refractivity contribution is -0.124. The predicted octanol–water partition coefficient (Wildman–Crippen LogP) is 1.03. The van der Waals surface area contributed by atoms with Crippen LogP contribution in [0.2, 0.25) is 0 Å². The summed E-state index contributed by atoms with van der Waals surface area (Å²) in [7, 11) is 0. The van der Waals surface area contributed by atoms with Gasteiger partial charge in [0.05, 0.1) is 6.04 Å². The third kappa shape index (κ3) is 3.96. The Hall–Kier alpha value is -0.610. The molecule has 17 heavy (non-hydrogen) atoms. The number of hydrogen-bond donors (Lipinski definition) is 3. The second-order valence-corrected chi connectivity index (χ2v) is 5.25. The Bertz CT molecular complexity index is 246. The van der Waals surface area contributed by atoms with Gasteiger partial charge in [-0.05, 0) is 18.8 Å². The first-order chi connectivity index (χ1) is 8.10. The minimum absolute atomic E-state index is 0.0651. The van der Waals surface area contributed by atoms with E-state index in [2.05, 4.69) is 5.32 Å². The van der Waals surface area contributed by atoms with Crippen LogP contribution in [0, 0.1) is 11.8 Å². The number of carbonyl (C=O) groups is 1. The summed E-state index contributed by atoms with van der Waals surface area (Å²) in [6.07, 6.45) is 5.14. The van der Waals surface area contributed by atoms with Gasteiger partial charge in [-0.1, -0.05) is 33.1 Å². The quantitative estimate of drug-likeness (QED) is 0.674. The summed E-state index contributed by atoms with van der Waals surface area (Å²) in [4.78, 5) is 12.0. The van der Waals surface area contributed by atoms with Gasteiger partial charge in [-0.2, -0.15) is 0 Å². The van der Waals surface area contributed by atoms with Gasteiger partial charge in [-0.3, -0.25) is 4.79 Å². The lowest BCUT2D eigenvalue weighted by Gasteiger charge is -2.32. The Morgan fingerprint density at radius 2 is 2.12 bits per heavy atom. The number of aliphatic hydroxyl groups is 1. The summed E-state index contributed by atoms with van der Waals surface area (Å²) in [5.41, 5.74) is 5.90. The van der Waals surface area contributed by atoms with E-state index in [4.69, 9.17) is 5.73 Å². The molecule has 100 valence electrons. The topological polar surface area (TPSA) is 75.4 Å². The van der Waals surface area contributed by atoms with Crippen LogP contribution >= 0.6 is 0 Å². The fourth-order valence-electron chi connectivity index (χ4n) is 2.41. The average molecular weight is 242 g/mol. The normalized spacial score (nSPS) is 28.5. The Balaban J connectivity index is 2.48. The molecule has 0 aromatic rings. The number of nitrogens with two attached hydrogens (primary N) is 1. The highest BCUT2D eigenvalue weighted by Crippen LogP contribution is 2.24. The molecule has 0 saturated heterocycles. The molecular formula is C13H26N2O2. The Labute approximate surface area is 104 Å². The SMILES string of the molecule is CCC(C)C(N)C(=O)NC1CCCCC1CO. The summed E-state index contributed by atoms with van der Waals surface area (Å²) in [6, 6.07) is -0.322. The van der Waals surface area contributed by atoms with Crippen LogP contribution in [-0.4, -0.2) is 29.7 Å². The molecule has 0 spiro atoms. The first kappa shape index (κ1) is 14.5. The molecule has 4 unspecified atom stereocenters. The smallest absolute Gasteiger partial charge is 0.237 e. The number of hydrogen-bond acceptors (Lipinski definition) is 3. The third-order valence-corrected chi connectivity index (χ3v) is 4.03. The maximum absolute atomic E-state index is 12.0. The van der Waals surface area contributed by atoms with Gasteiger partial charge in [0.25, 0.3) is 0 Å². The monoisotopic (exact) mass is 242 g/mol. The van der Waals surface area contributed by atoms with Gasteiger partial charge in [-0.15, -0.1) is 0 Å². The number of rotatable bonds is 5. The summed E-state index contributed by atoms with van der Waals surface area (Å²) >= 11 is 0. The van der Waals surface area contributed by atoms with Crippen molar-refractivity contribution < 1.29 is 9.90 Å². The number of aliphatic hydroxyl groups excluding tert-OH is 1. The van der Waals surface area contributed by atoms with Gasteiger partial charge >= 0.3 is 0 Å².